The van der Waals surface area contributed by atoms with Crippen molar-refractivity contribution >= 4 is 37.9 Å². The molecule has 6 nitrogen and oxygen atoms in total. The van der Waals surface area contributed by atoms with Crippen molar-refractivity contribution < 1.29 is 14.6 Å². The van der Waals surface area contributed by atoms with Gasteiger partial charge in [0.25, 0.3) is 0 Å². The minimum absolute atomic E-state index is 0.0430. The molecule has 0 aromatic heterocycles. The Balaban J connectivity index is 1.94. The Labute approximate surface area is 175 Å². The number of likely N-dealkylation sites (N-methyl/N-ethyl adjacent to an activating group) is 1. The van der Waals surface area contributed by atoms with Gasteiger partial charge in [0.05, 0.1) is 13.2 Å². The van der Waals surface area contributed by atoms with Gasteiger partial charge in [0.1, 0.15) is 0 Å². The fourth-order valence-electron chi connectivity index (χ4n) is 2.99. The second kappa shape index (κ2) is 12.0. The Morgan fingerprint density at radius 1 is 1.18 bits per heavy atom. The summed E-state index contributed by atoms with van der Waals surface area (Å²) in [6.07, 6.45) is 6.50. The summed E-state index contributed by atoms with van der Waals surface area (Å²) < 4.78 is 6.10. The predicted molar refractivity (Wildman–Crippen MR) is 115 cm³/mol. The number of aliphatic hydroxyl groups excluding tert-OH is 1. The second-order valence-corrected chi connectivity index (χ2v) is 7.54. The average Bonchev–Trinajstić information content (AvgIpc) is 2.90. The van der Waals surface area contributed by atoms with Crippen LogP contribution in [0.2, 0.25) is 0 Å². The van der Waals surface area contributed by atoms with Gasteiger partial charge in [0.2, 0.25) is 0 Å². The van der Waals surface area contributed by atoms with E-state index in [4.69, 9.17) is 9.84 Å². The molecule has 1 fully saturated rings. The normalized spacial score (nSPS) is 15.8. The van der Waals surface area contributed by atoms with Gasteiger partial charge in [-0.1, -0.05) is 0 Å². The molecule has 2 N–H and O–H groups in total. The zero-order valence-corrected chi connectivity index (χ0v) is 18.5. The van der Waals surface area contributed by atoms with Gasteiger partial charge < -0.3 is 5.11 Å². The molecule has 1 heterocycles. The molecule has 0 atom stereocenters. The molecular weight excluding hydrogens is 421 g/mol. The quantitative estimate of drug-likeness (QED) is 0.289. The molecule has 0 unspecified atom stereocenters. The number of amides is 1. The number of carbonyl (C=O) groups is 1. The number of nitrogens with zero attached hydrogens (tertiary/aromatic N) is 2. The number of ether oxygens (including phenoxy) is 1. The summed E-state index contributed by atoms with van der Waals surface area (Å²) >= 11 is 3.04. The summed E-state index contributed by atoms with van der Waals surface area (Å²) in [5, 5.41) is 11.9. The molecule has 1 aromatic carbocycles. The molecule has 1 aromatic rings. The van der Waals surface area contributed by atoms with E-state index >= 15 is 0 Å². The van der Waals surface area contributed by atoms with Gasteiger partial charge in [-0.05, 0) is 0 Å². The van der Waals surface area contributed by atoms with Gasteiger partial charge in [0.15, 0.2) is 0 Å². The number of hydrogen-bond acceptors (Lipinski definition) is 5. The molecule has 1 aliphatic heterocycles. The van der Waals surface area contributed by atoms with E-state index in [0.29, 0.717) is 25.5 Å². The second-order valence-electron chi connectivity index (χ2n) is 6.77. The molecular formula is C21H31N3O3Se. The van der Waals surface area contributed by atoms with Gasteiger partial charge >= 0.3 is 157 Å². The van der Waals surface area contributed by atoms with E-state index in [1.165, 1.54) is 12.8 Å². The van der Waals surface area contributed by atoms with Crippen LogP contribution in [0.5, 0.6) is 0 Å². The number of benzene rings is 1. The van der Waals surface area contributed by atoms with Gasteiger partial charge in [-0.3, -0.25) is 0 Å². The van der Waals surface area contributed by atoms with E-state index in [2.05, 4.69) is 27.8 Å². The van der Waals surface area contributed by atoms with Gasteiger partial charge in [-0.2, -0.15) is 0 Å². The summed E-state index contributed by atoms with van der Waals surface area (Å²) in [6.45, 7) is 4.57. The standard InChI is InChI=1S/C21H31N3O3Se/c1-3-4-5-6-12-24-20(26)19(23(2)21(24)28)16-17-7-9-18(10-8-17)22-11-14-27-15-13-25/h7-10,16,22,25H,3-6,11-15H2,1-2H3. The zero-order chi connectivity index (χ0) is 20.4. The van der Waals surface area contributed by atoms with Crippen LogP contribution < -0.4 is 5.32 Å². The van der Waals surface area contributed by atoms with E-state index in [0.717, 1.165) is 35.3 Å². The van der Waals surface area contributed by atoms with Crippen LogP contribution in [0.3, 0.4) is 0 Å². The molecule has 28 heavy (non-hydrogen) atoms. The van der Waals surface area contributed by atoms with E-state index in [1.54, 1.807) is 0 Å². The van der Waals surface area contributed by atoms with Crippen LogP contribution in [-0.4, -0.2) is 81.0 Å². The van der Waals surface area contributed by atoms with Gasteiger partial charge in [0, 0.05) is 0 Å². The van der Waals surface area contributed by atoms with Gasteiger partial charge in [-0.25, -0.2) is 0 Å². The van der Waals surface area contributed by atoms with Crippen LogP contribution in [0.4, 0.5) is 5.69 Å². The molecule has 0 aliphatic carbocycles. The molecule has 2 rings (SSSR count). The monoisotopic (exact) mass is 453 g/mol. The number of carbonyl (C=O) groups excluding carboxylic acids is 1. The fourth-order valence-corrected chi connectivity index (χ4v) is 3.57. The van der Waals surface area contributed by atoms with Crippen LogP contribution in [0.25, 0.3) is 6.08 Å². The summed E-state index contributed by atoms with van der Waals surface area (Å²) in [6, 6.07) is 7.97. The van der Waals surface area contributed by atoms with Gasteiger partial charge in [-0.15, -0.1) is 0 Å². The summed E-state index contributed by atoms with van der Waals surface area (Å²) in [5.41, 5.74) is 2.66. The van der Waals surface area contributed by atoms with Crippen molar-refractivity contribution in [2.24, 2.45) is 0 Å². The summed E-state index contributed by atoms with van der Waals surface area (Å²) in [7, 11) is 1.92. The zero-order valence-electron chi connectivity index (χ0n) is 16.8. The number of nitrogens with one attached hydrogen (secondary N) is 1. The molecule has 1 saturated heterocycles. The summed E-state index contributed by atoms with van der Waals surface area (Å²) in [4.78, 5) is 16.6. The summed E-state index contributed by atoms with van der Waals surface area (Å²) in [5.74, 6) is 0.0518. The first-order chi connectivity index (χ1) is 13.6. The van der Waals surface area contributed by atoms with E-state index in [1.807, 2.05) is 47.2 Å². The Hall–Kier alpha value is -1.66. The first kappa shape index (κ1) is 22.6. The first-order valence-corrected chi connectivity index (χ1v) is 10.8. The topological polar surface area (TPSA) is 65.0 Å². The molecule has 7 heteroatoms. The Kier molecular flexibility index (Phi) is 9.71. The number of aliphatic hydroxyl groups is 1. The maximum absolute atomic E-state index is 12.8. The Bertz CT molecular complexity index is 676. The predicted octanol–water partition coefficient (Wildman–Crippen LogP) is 2.06. The number of anilines is 1. The SMILES string of the molecule is CCCCCCN1C(=O)C(=Cc2ccc(NCCOCCO)cc2)N(C)C1=[Se]. The molecule has 154 valence electrons. The Morgan fingerprint density at radius 2 is 1.93 bits per heavy atom. The van der Waals surface area contributed by atoms with Crippen molar-refractivity contribution in [2.75, 3.05) is 45.3 Å². The van der Waals surface area contributed by atoms with Crippen LogP contribution in [-0.2, 0) is 9.53 Å². The van der Waals surface area contributed by atoms with Crippen LogP contribution >= 0.6 is 0 Å². The third-order valence-corrected chi connectivity index (χ3v) is 5.64. The van der Waals surface area contributed by atoms with Crippen molar-refractivity contribution in [1.82, 2.24) is 9.80 Å². The van der Waals surface area contributed by atoms with Crippen molar-refractivity contribution in [3.63, 3.8) is 0 Å². The van der Waals surface area contributed by atoms with E-state index < -0.39 is 0 Å². The number of rotatable bonds is 12. The van der Waals surface area contributed by atoms with Crippen molar-refractivity contribution in [3.8, 4) is 0 Å². The molecule has 0 spiro atoms. The van der Waals surface area contributed by atoms with E-state index in [-0.39, 0.29) is 12.5 Å². The average molecular weight is 452 g/mol. The van der Waals surface area contributed by atoms with E-state index in [9.17, 15) is 4.79 Å². The third kappa shape index (κ3) is 6.45. The van der Waals surface area contributed by atoms with Crippen LogP contribution in [0, 0.1) is 0 Å². The maximum atomic E-state index is 12.8. The molecule has 1 amide bonds. The molecule has 1 aliphatic rings. The minimum atomic E-state index is 0.0430. The third-order valence-electron chi connectivity index (χ3n) is 4.60. The molecule has 0 saturated carbocycles. The first-order valence-electron chi connectivity index (χ1n) is 9.92. The van der Waals surface area contributed by atoms with Crippen molar-refractivity contribution in [1.29, 1.82) is 0 Å². The van der Waals surface area contributed by atoms with Crippen molar-refractivity contribution in [2.45, 2.75) is 32.6 Å². The van der Waals surface area contributed by atoms with Crippen molar-refractivity contribution in [3.05, 3.63) is 35.5 Å². The molecule has 0 radical (unpaired) electrons. The van der Waals surface area contributed by atoms with Crippen LogP contribution in [0.1, 0.15) is 38.2 Å². The van der Waals surface area contributed by atoms with Crippen LogP contribution in [0.15, 0.2) is 30.0 Å². The number of unbranched alkanes of at least 4 members (excludes halogenated alkanes) is 3. The Morgan fingerprint density at radius 3 is 2.61 bits per heavy atom. The number of hydrogen-bond donors (Lipinski definition) is 2. The fraction of sp³-hybridized carbons (Fsp3) is 0.524. The molecule has 0 bridgehead atoms.